The molecule has 3 heteroatoms. The largest absolute Gasteiger partial charge is 0.326 e. The van der Waals surface area contributed by atoms with Crippen LogP contribution in [0.1, 0.15) is 36.0 Å². The van der Waals surface area contributed by atoms with Gasteiger partial charge in [0, 0.05) is 18.2 Å². The summed E-state index contributed by atoms with van der Waals surface area (Å²) in [5, 5.41) is 6.38. The third-order valence-corrected chi connectivity index (χ3v) is 4.49. The number of hydrogen-bond acceptors (Lipinski definition) is 2. The third kappa shape index (κ3) is 3.80. The molecule has 3 nitrogen and oxygen atoms in total. The molecule has 2 atom stereocenters. The van der Waals surface area contributed by atoms with Gasteiger partial charge in [-0.1, -0.05) is 43.3 Å². The summed E-state index contributed by atoms with van der Waals surface area (Å²) in [4.78, 5) is 12.5. The lowest BCUT2D eigenvalue weighted by atomic mass is 10.0. The SMILES string of the molecule is CCNCc1cccc(NC(=O)C2CC2c2ccccc2C)c1. The van der Waals surface area contributed by atoms with Gasteiger partial charge < -0.3 is 10.6 Å². The van der Waals surface area contributed by atoms with E-state index in [-0.39, 0.29) is 11.8 Å². The minimum Gasteiger partial charge on any atom is -0.326 e. The molecule has 0 bridgehead atoms. The minimum absolute atomic E-state index is 0.105. The van der Waals surface area contributed by atoms with E-state index in [1.807, 2.05) is 24.3 Å². The second-order valence-electron chi connectivity index (χ2n) is 6.28. The molecule has 3 rings (SSSR count). The number of carbonyl (C=O) groups excluding carboxylic acids is 1. The van der Waals surface area contributed by atoms with Gasteiger partial charge in [0.2, 0.25) is 5.91 Å². The predicted octanol–water partition coefficient (Wildman–Crippen LogP) is 3.85. The Morgan fingerprint density at radius 3 is 2.78 bits per heavy atom. The van der Waals surface area contributed by atoms with E-state index in [1.54, 1.807) is 0 Å². The van der Waals surface area contributed by atoms with Gasteiger partial charge in [-0.3, -0.25) is 4.79 Å². The third-order valence-electron chi connectivity index (χ3n) is 4.49. The summed E-state index contributed by atoms with van der Waals surface area (Å²) in [6.07, 6.45) is 0.952. The van der Waals surface area contributed by atoms with Crippen LogP contribution in [-0.4, -0.2) is 12.5 Å². The van der Waals surface area contributed by atoms with Crippen molar-refractivity contribution in [2.75, 3.05) is 11.9 Å². The van der Waals surface area contributed by atoms with Crippen molar-refractivity contribution in [2.45, 2.75) is 32.7 Å². The molecule has 0 spiro atoms. The van der Waals surface area contributed by atoms with E-state index in [4.69, 9.17) is 0 Å². The van der Waals surface area contributed by atoms with Crippen LogP contribution >= 0.6 is 0 Å². The lowest BCUT2D eigenvalue weighted by Crippen LogP contribution is -2.15. The number of anilines is 1. The highest BCUT2D eigenvalue weighted by molar-refractivity contribution is 5.95. The van der Waals surface area contributed by atoms with Crippen molar-refractivity contribution >= 4 is 11.6 Å². The Kier molecular flexibility index (Phi) is 4.77. The summed E-state index contributed by atoms with van der Waals surface area (Å²) in [6, 6.07) is 16.4. The molecule has 0 aromatic heterocycles. The zero-order chi connectivity index (χ0) is 16.2. The highest BCUT2D eigenvalue weighted by Gasteiger charge is 2.44. The summed E-state index contributed by atoms with van der Waals surface area (Å²) in [7, 11) is 0. The van der Waals surface area contributed by atoms with Crippen molar-refractivity contribution < 1.29 is 4.79 Å². The zero-order valence-electron chi connectivity index (χ0n) is 13.8. The normalized spacial score (nSPS) is 19.4. The molecule has 120 valence electrons. The van der Waals surface area contributed by atoms with E-state index < -0.39 is 0 Å². The van der Waals surface area contributed by atoms with Crippen LogP contribution in [0, 0.1) is 12.8 Å². The molecular formula is C20H24N2O. The maximum absolute atomic E-state index is 12.5. The maximum Gasteiger partial charge on any atom is 0.228 e. The second-order valence-corrected chi connectivity index (χ2v) is 6.28. The molecule has 2 unspecified atom stereocenters. The Bertz CT molecular complexity index is 696. The van der Waals surface area contributed by atoms with Crippen molar-refractivity contribution in [1.82, 2.24) is 5.32 Å². The molecule has 0 aliphatic heterocycles. The molecule has 1 saturated carbocycles. The van der Waals surface area contributed by atoms with Gasteiger partial charge in [-0.25, -0.2) is 0 Å². The first-order chi connectivity index (χ1) is 11.2. The molecule has 2 N–H and O–H groups in total. The Morgan fingerprint density at radius 2 is 2.00 bits per heavy atom. The Balaban J connectivity index is 1.61. The molecule has 1 aliphatic rings. The van der Waals surface area contributed by atoms with Crippen LogP contribution in [0.3, 0.4) is 0 Å². The molecule has 1 amide bonds. The molecule has 0 saturated heterocycles. The first kappa shape index (κ1) is 15.8. The quantitative estimate of drug-likeness (QED) is 0.851. The van der Waals surface area contributed by atoms with Gasteiger partial charge in [0.1, 0.15) is 0 Å². The van der Waals surface area contributed by atoms with Gasteiger partial charge in [-0.05, 0) is 54.6 Å². The van der Waals surface area contributed by atoms with E-state index in [0.29, 0.717) is 5.92 Å². The van der Waals surface area contributed by atoms with Crippen LogP contribution in [0.5, 0.6) is 0 Å². The van der Waals surface area contributed by atoms with Crippen molar-refractivity contribution in [2.24, 2.45) is 5.92 Å². The number of carbonyl (C=O) groups is 1. The number of aryl methyl sites for hydroxylation is 1. The lowest BCUT2D eigenvalue weighted by molar-refractivity contribution is -0.117. The van der Waals surface area contributed by atoms with Gasteiger partial charge in [0.05, 0.1) is 0 Å². The van der Waals surface area contributed by atoms with Gasteiger partial charge in [0.25, 0.3) is 0 Å². The fourth-order valence-corrected chi connectivity index (χ4v) is 3.09. The van der Waals surface area contributed by atoms with E-state index in [2.05, 4.69) is 48.7 Å². The molecule has 23 heavy (non-hydrogen) atoms. The maximum atomic E-state index is 12.5. The Labute approximate surface area is 138 Å². The van der Waals surface area contributed by atoms with E-state index in [1.165, 1.54) is 16.7 Å². The smallest absolute Gasteiger partial charge is 0.228 e. The van der Waals surface area contributed by atoms with Crippen LogP contribution < -0.4 is 10.6 Å². The summed E-state index contributed by atoms with van der Waals surface area (Å²) >= 11 is 0. The molecule has 2 aromatic carbocycles. The number of amides is 1. The van der Waals surface area contributed by atoms with Crippen molar-refractivity contribution in [3.05, 3.63) is 65.2 Å². The summed E-state index contributed by atoms with van der Waals surface area (Å²) in [5.41, 5.74) is 4.67. The molecular weight excluding hydrogens is 284 g/mol. The monoisotopic (exact) mass is 308 g/mol. The van der Waals surface area contributed by atoms with Crippen molar-refractivity contribution in [1.29, 1.82) is 0 Å². The van der Waals surface area contributed by atoms with Crippen LogP contribution in [0.15, 0.2) is 48.5 Å². The number of benzene rings is 2. The second kappa shape index (κ2) is 6.97. The van der Waals surface area contributed by atoms with Crippen LogP contribution in [-0.2, 0) is 11.3 Å². The number of nitrogens with one attached hydrogen (secondary N) is 2. The zero-order valence-corrected chi connectivity index (χ0v) is 13.8. The van der Waals surface area contributed by atoms with E-state index in [0.717, 1.165) is 25.2 Å². The lowest BCUT2D eigenvalue weighted by Gasteiger charge is -2.08. The summed E-state index contributed by atoms with van der Waals surface area (Å²) < 4.78 is 0. The first-order valence-electron chi connectivity index (χ1n) is 8.35. The average molecular weight is 308 g/mol. The fraction of sp³-hybridized carbons (Fsp3) is 0.350. The summed E-state index contributed by atoms with van der Waals surface area (Å²) in [5.74, 6) is 0.619. The standard InChI is InChI=1S/C20H24N2O/c1-3-21-13-15-8-6-9-16(11-15)22-20(23)19-12-18(19)17-10-5-4-7-14(17)2/h4-11,18-19,21H,3,12-13H2,1-2H3,(H,22,23). The van der Waals surface area contributed by atoms with Crippen LogP contribution in [0.2, 0.25) is 0 Å². The van der Waals surface area contributed by atoms with Crippen molar-refractivity contribution in [3.63, 3.8) is 0 Å². The fourth-order valence-electron chi connectivity index (χ4n) is 3.09. The van der Waals surface area contributed by atoms with E-state index >= 15 is 0 Å². The molecule has 2 aromatic rings. The molecule has 0 radical (unpaired) electrons. The van der Waals surface area contributed by atoms with Gasteiger partial charge >= 0.3 is 0 Å². The Morgan fingerprint density at radius 1 is 1.17 bits per heavy atom. The highest BCUT2D eigenvalue weighted by Crippen LogP contribution is 2.48. The van der Waals surface area contributed by atoms with Gasteiger partial charge in [-0.15, -0.1) is 0 Å². The number of hydrogen-bond donors (Lipinski definition) is 2. The topological polar surface area (TPSA) is 41.1 Å². The highest BCUT2D eigenvalue weighted by atomic mass is 16.2. The Hall–Kier alpha value is -2.13. The van der Waals surface area contributed by atoms with E-state index in [9.17, 15) is 4.79 Å². The molecule has 0 heterocycles. The van der Waals surface area contributed by atoms with Crippen molar-refractivity contribution in [3.8, 4) is 0 Å². The van der Waals surface area contributed by atoms with Gasteiger partial charge in [-0.2, -0.15) is 0 Å². The van der Waals surface area contributed by atoms with Crippen LogP contribution in [0.4, 0.5) is 5.69 Å². The summed E-state index contributed by atoms with van der Waals surface area (Å²) in [6.45, 7) is 5.98. The van der Waals surface area contributed by atoms with Crippen LogP contribution in [0.25, 0.3) is 0 Å². The first-order valence-corrected chi connectivity index (χ1v) is 8.35. The number of rotatable bonds is 6. The molecule has 1 aliphatic carbocycles. The molecule has 1 fully saturated rings. The predicted molar refractivity (Wildman–Crippen MR) is 94.5 cm³/mol. The minimum atomic E-state index is 0.105. The van der Waals surface area contributed by atoms with Gasteiger partial charge in [0.15, 0.2) is 0 Å². The average Bonchev–Trinajstić information content (AvgIpc) is 3.34.